The molecule has 0 aliphatic heterocycles. The number of allylic oxidation sites excluding steroid dienone is 1. The quantitative estimate of drug-likeness (QED) is 0.156. The lowest BCUT2D eigenvalue weighted by Crippen LogP contribution is -1.91. The van der Waals surface area contributed by atoms with Gasteiger partial charge in [0, 0.05) is 28.8 Å². The number of ketones is 1. The van der Waals surface area contributed by atoms with Crippen LogP contribution in [0.1, 0.15) is 16.1 Å². The second-order valence-electron chi connectivity index (χ2n) is 6.47. The van der Waals surface area contributed by atoms with Gasteiger partial charge in [-0.3, -0.25) is 20.0 Å². The number of aromatic nitrogens is 2. The molecule has 154 valence electrons. The molecule has 2 aromatic heterocycles. The zero-order valence-corrected chi connectivity index (χ0v) is 17.2. The maximum absolute atomic E-state index is 12.6. The molecule has 4 rings (SSSR count). The van der Waals surface area contributed by atoms with E-state index in [0.29, 0.717) is 38.2 Å². The smallest absolute Gasteiger partial charge is 0.270 e. The van der Waals surface area contributed by atoms with Gasteiger partial charge in [0.15, 0.2) is 5.76 Å². The topological polar surface area (TPSA) is 102 Å². The number of non-ortho nitro benzene ring substituents is 1. The highest BCUT2D eigenvalue weighted by molar-refractivity contribution is 6.43. The first-order chi connectivity index (χ1) is 14.9. The number of furan rings is 1. The molecule has 0 unspecified atom stereocenters. The van der Waals surface area contributed by atoms with Crippen LogP contribution in [0, 0.1) is 10.1 Å². The SMILES string of the molecule is O=C(/C=C/c1cn[nH]c1-c1cccc([N+](=O)[O-])c1)c1ccc(-c2cccc(Cl)c2Cl)o1. The van der Waals surface area contributed by atoms with Crippen LogP contribution in [0.4, 0.5) is 5.69 Å². The number of halogens is 2. The van der Waals surface area contributed by atoms with Crippen LogP contribution in [0.5, 0.6) is 0 Å². The molecule has 0 saturated carbocycles. The van der Waals surface area contributed by atoms with Gasteiger partial charge in [-0.1, -0.05) is 41.4 Å². The summed E-state index contributed by atoms with van der Waals surface area (Å²) in [5.41, 5.74) is 2.27. The zero-order valence-electron chi connectivity index (χ0n) is 15.7. The number of hydrogen-bond acceptors (Lipinski definition) is 5. The molecule has 0 radical (unpaired) electrons. The maximum Gasteiger partial charge on any atom is 0.270 e. The van der Waals surface area contributed by atoms with Crippen LogP contribution in [-0.2, 0) is 0 Å². The first-order valence-electron chi connectivity index (χ1n) is 8.99. The van der Waals surface area contributed by atoms with Crippen molar-refractivity contribution in [3.63, 3.8) is 0 Å². The molecule has 0 atom stereocenters. The van der Waals surface area contributed by atoms with E-state index in [1.54, 1.807) is 48.5 Å². The lowest BCUT2D eigenvalue weighted by molar-refractivity contribution is -0.384. The van der Waals surface area contributed by atoms with E-state index in [1.807, 2.05) is 0 Å². The Bertz CT molecular complexity index is 1320. The van der Waals surface area contributed by atoms with Gasteiger partial charge in [-0.2, -0.15) is 5.10 Å². The Hall–Kier alpha value is -3.68. The molecule has 0 aliphatic carbocycles. The fraction of sp³-hybridized carbons (Fsp3) is 0. The van der Waals surface area contributed by atoms with Crippen molar-refractivity contribution in [3.8, 4) is 22.6 Å². The van der Waals surface area contributed by atoms with Crippen LogP contribution in [0.2, 0.25) is 10.0 Å². The molecule has 0 spiro atoms. The number of hydrogen-bond donors (Lipinski definition) is 1. The van der Waals surface area contributed by atoms with E-state index in [1.165, 1.54) is 24.4 Å². The number of nitrogens with zero attached hydrogens (tertiary/aromatic N) is 2. The summed E-state index contributed by atoms with van der Waals surface area (Å²) in [6.45, 7) is 0. The Balaban J connectivity index is 1.57. The van der Waals surface area contributed by atoms with Gasteiger partial charge >= 0.3 is 0 Å². The van der Waals surface area contributed by atoms with Crippen molar-refractivity contribution < 1.29 is 14.1 Å². The summed E-state index contributed by atoms with van der Waals surface area (Å²) < 4.78 is 5.65. The molecule has 2 aromatic carbocycles. The second kappa shape index (κ2) is 8.59. The molecule has 0 bridgehead atoms. The van der Waals surface area contributed by atoms with Crippen molar-refractivity contribution >= 4 is 40.7 Å². The third kappa shape index (κ3) is 4.28. The van der Waals surface area contributed by atoms with Gasteiger partial charge in [0.2, 0.25) is 5.78 Å². The number of rotatable bonds is 6. The summed E-state index contributed by atoms with van der Waals surface area (Å²) >= 11 is 12.2. The summed E-state index contributed by atoms with van der Waals surface area (Å²) in [4.78, 5) is 23.1. The fourth-order valence-electron chi connectivity index (χ4n) is 2.98. The maximum atomic E-state index is 12.6. The summed E-state index contributed by atoms with van der Waals surface area (Å²) in [7, 11) is 0. The molecule has 7 nitrogen and oxygen atoms in total. The first-order valence-corrected chi connectivity index (χ1v) is 9.74. The normalized spacial score (nSPS) is 11.2. The third-order valence-corrected chi connectivity index (χ3v) is 5.31. The number of carbonyl (C=O) groups is 1. The minimum Gasteiger partial charge on any atom is -0.453 e. The van der Waals surface area contributed by atoms with Crippen molar-refractivity contribution in [2.45, 2.75) is 0 Å². The van der Waals surface area contributed by atoms with Crippen LogP contribution in [0.3, 0.4) is 0 Å². The standard InChI is InChI=1S/C22H13Cl2N3O4/c23-17-6-2-5-16(21(17)24)19-9-10-20(31-19)18(28)8-7-14-12-25-26-22(14)13-3-1-4-15(11-13)27(29)30/h1-12H,(H,25,26)/b8-7+. The summed E-state index contributed by atoms with van der Waals surface area (Å²) in [6, 6.07) is 14.5. The average Bonchev–Trinajstić information content (AvgIpc) is 3.44. The van der Waals surface area contributed by atoms with E-state index in [4.69, 9.17) is 27.6 Å². The summed E-state index contributed by atoms with van der Waals surface area (Å²) in [5, 5.41) is 18.5. The molecule has 2 heterocycles. The van der Waals surface area contributed by atoms with E-state index in [9.17, 15) is 14.9 Å². The lowest BCUT2D eigenvalue weighted by Gasteiger charge is -2.02. The molecular weight excluding hydrogens is 441 g/mol. The second-order valence-corrected chi connectivity index (χ2v) is 7.26. The highest BCUT2D eigenvalue weighted by Crippen LogP contribution is 2.34. The van der Waals surface area contributed by atoms with E-state index in [2.05, 4.69) is 10.2 Å². The number of nitrogens with one attached hydrogen (secondary N) is 1. The molecule has 1 N–H and O–H groups in total. The minimum atomic E-state index is -0.473. The van der Waals surface area contributed by atoms with Crippen LogP contribution in [0.25, 0.3) is 28.7 Å². The van der Waals surface area contributed by atoms with Crippen LogP contribution in [0.15, 0.2) is 71.3 Å². The molecular formula is C22H13Cl2N3O4. The van der Waals surface area contributed by atoms with E-state index < -0.39 is 4.92 Å². The Labute approximate surface area is 186 Å². The fourth-order valence-corrected chi connectivity index (χ4v) is 3.38. The Morgan fingerprint density at radius 2 is 1.94 bits per heavy atom. The Morgan fingerprint density at radius 3 is 2.74 bits per heavy atom. The number of nitro groups is 1. The lowest BCUT2D eigenvalue weighted by atomic mass is 10.1. The molecule has 4 aromatic rings. The summed E-state index contributed by atoms with van der Waals surface area (Å²) in [6.07, 6.45) is 4.43. The van der Waals surface area contributed by atoms with Gasteiger partial charge < -0.3 is 4.42 Å². The van der Waals surface area contributed by atoms with Crippen molar-refractivity contribution in [2.24, 2.45) is 0 Å². The molecule has 0 amide bonds. The molecule has 31 heavy (non-hydrogen) atoms. The number of carbonyl (C=O) groups excluding carboxylic acids is 1. The van der Waals surface area contributed by atoms with Gasteiger partial charge in [0.05, 0.1) is 26.9 Å². The average molecular weight is 454 g/mol. The van der Waals surface area contributed by atoms with Gasteiger partial charge in [-0.05, 0) is 36.4 Å². The van der Waals surface area contributed by atoms with Crippen molar-refractivity contribution in [1.82, 2.24) is 10.2 Å². The molecule has 0 fully saturated rings. The predicted octanol–water partition coefficient (Wildman–Crippen LogP) is 6.45. The van der Waals surface area contributed by atoms with Crippen molar-refractivity contribution in [3.05, 3.63) is 98.4 Å². The monoisotopic (exact) mass is 453 g/mol. The van der Waals surface area contributed by atoms with E-state index >= 15 is 0 Å². The van der Waals surface area contributed by atoms with E-state index in [0.717, 1.165) is 0 Å². The third-order valence-electron chi connectivity index (χ3n) is 4.49. The largest absolute Gasteiger partial charge is 0.453 e. The van der Waals surface area contributed by atoms with Crippen LogP contribution < -0.4 is 0 Å². The highest BCUT2D eigenvalue weighted by atomic mass is 35.5. The Morgan fingerprint density at radius 1 is 1.13 bits per heavy atom. The van der Waals surface area contributed by atoms with Gasteiger partial charge in [-0.25, -0.2) is 0 Å². The molecule has 0 saturated heterocycles. The highest BCUT2D eigenvalue weighted by Gasteiger charge is 2.15. The van der Waals surface area contributed by atoms with Gasteiger partial charge in [-0.15, -0.1) is 0 Å². The number of H-pyrrole nitrogens is 1. The minimum absolute atomic E-state index is 0.0408. The number of aromatic amines is 1. The zero-order chi connectivity index (χ0) is 22.0. The van der Waals surface area contributed by atoms with Gasteiger partial charge in [0.25, 0.3) is 5.69 Å². The summed E-state index contributed by atoms with van der Waals surface area (Å²) in [5.74, 6) is 0.183. The van der Waals surface area contributed by atoms with Crippen molar-refractivity contribution in [2.75, 3.05) is 0 Å². The van der Waals surface area contributed by atoms with Crippen molar-refractivity contribution in [1.29, 1.82) is 0 Å². The van der Waals surface area contributed by atoms with Crippen LogP contribution in [-0.4, -0.2) is 20.9 Å². The Kier molecular flexibility index (Phi) is 5.70. The van der Waals surface area contributed by atoms with Crippen LogP contribution >= 0.6 is 23.2 Å². The number of nitro benzene ring substituents is 1. The molecule has 0 aliphatic rings. The number of benzene rings is 2. The molecule has 9 heteroatoms. The first kappa shape index (κ1) is 20.6. The van der Waals surface area contributed by atoms with E-state index in [-0.39, 0.29) is 17.2 Å². The predicted molar refractivity (Wildman–Crippen MR) is 118 cm³/mol. The van der Waals surface area contributed by atoms with Gasteiger partial charge in [0.1, 0.15) is 5.76 Å².